The zero-order valence-corrected chi connectivity index (χ0v) is 13.4. The Hall–Kier alpha value is -0.290. The average molecular weight is 361 g/mol. The molecular weight excluding hydrogens is 337 g/mol. The second kappa shape index (κ2) is 10.6. The Labute approximate surface area is 125 Å². The van der Waals surface area contributed by atoms with E-state index in [2.05, 4.69) is 47.0 Å². The van der Waals surface area contributed by atoms with Crippen LogP contribution < -0.4 is 10.1 Å². The van der Waals surface area contributed by atoms with Crippen LogP contribution in [0.15, 0.2) is 24.3 Å². The van der Waals surface area contributed by atoms with Crippen molar-refractivity contribution < 1.29 is 4.74 Å². The first-order chi connectivity index (χ1) is 8.83. The first-order valence-corrected chi connectivity index (χ1v) is 8.00. The number of unbranched alkanes of at least 4 members (excludes halogenated alkanes) is 3. The Balaban J connectivity index is 1.92. The van der Waals surface area contributed by atoms with E-state index in [4.69, 9.17) is 4.74 Å². The standard InChI is InChI=1S/C15H24INO/c1-2-10-17-11-5-3-4-6-12-18-15-9-7-8-14(16)13-15/h7-9,13,17H,2-6,10-12H2,1H3. The van der Waals surface area contributed by atoms with Gasteiger partial charge in [-0.2, -0.15) is 0 Å². The Kier molecular flexibility index (Phi) is 9.30. The molecule has 102 valence electrons. The molecule has 0 spiro atoms. The smallest absolute Gasteiger partial charge is 0.120 e. The molecule has 3 heteroatoms. The van der Waals surface area contributed by atoms with Gasteiger partial charge in [-0.15, -0.1) is 0 Å². The second-order valence-corrected chi connectivity index (χ2v) is 5.72. The minimum absolute atomic E-state index is 0.836. The van der Waals surface area contributed by atoms with Crippen molar-refractivity contribution in [2.45, 2.75) is 39.0 Å². The Bertz CT molecular complexity index is 317. The van der Waals surface area contributed by atoms with Gasteiger partial charge >= 0.3 is 0 Å². The summed E-state index contributed by atoms with van der Waals surface area (Å²) in [4.78, 5) is 0. The van der Waals surface area contributed by atoms with Crippen molar-refractivity contribution in [3.63, 3.8) is 0 Å². The Morgan fingerprint density at radius 2 is 1.94 bits per heavy atom. The maximum Gasteiger partial charge on any atom is 0.120 e. The minimum Gasteiger partial charge on any atom is -0.494 e. The summed E-state index contributed by atoms with van der Waals surface area (Å²) in [7, 11) is 0. The molecule has 1 rings (SSSR count). The highest BCUT2D eigenvalue weighted by Crippen LogP contribution is 2.15. The summed E-state index contributed by atoms with van der Waals surface area (Å²) in [5, 5.41) is 3.43. The zero-order chi connectivity index (χ0) is 13.1. The zero-order valence-electron chi connectivity index (χ0n) is 11.3. The molecule has 0 bridgehead atoms. The number of rotatable bonds is 10. The highest BCUT2D eigenvalue weighted by atomic mass is 127. The van der Waals surface area contributed by atoms with Gasteiger partial charge in [-0.1, -0.05) is 25.8 Å². The normalized spacial score (nSPS) is 10.6. The summed E-state index contributed by atoms with van der Waals surface area (Å²) in [6, 6.07) is 8.22. The van der Waals surface area contributed by atoms with Crippen LogP contribution in [0.4, 0.5) is 0 Å². The van der Waals surface area contributed by atoms with Crippen molar-refractivity contribution in [1.29, 1.82) is 0 Å². The fraction of sp³-hybridized carbons (Fsp3) is 0.600. The lowest BCUT2D eigenvalue weighted by Crippen LogP contribution is -2.15. The van der Waals surface area contributed by atoms with Crippen LogP contribution in [-0.2, 0) is 0 Å². The maximum absolute atomic E-state index is 5.71. The molecule has 0 heterocycles. The molecule has 0 atom stereocenters. The molecule has 1 N–H and O–H groups in total. The molecule has 0 amide bonds. The van der Waals surface area contributed by atoms with Crippen LogP contribution in [-0.4, -0.2) is 19.7 Å². The summed E-state index contributed by atoms with van der Waals surface area (Å²) in [5.41, 5.74) is 0. The fourth-order valence-electron chi connectivity index (χ4n) is 1.75. The summed E-state index contributed by atoms with van der Waals surface area (Å²) >= 11 is 2.31. The van der Waals surface area contributed by atoms with Crippen molar-refractivity contribution in [2.24, 2.45) is 0 Å². The first kappa shape index (κ1) is 15.8. The van der Waals surface area contributed by atoms with Gasteiger partial charge in [0.2, 0.25) is 0 Å². The Morgan fingerprint density at radius 3 is 2.72 bits per heavy atom. The molecule has 0 saturated carbocycles. The lowest BCUT2D eigenvalue weighted by Gasteiger charge is -2.06. The molecule has 0 aromatic heterocycles. The van der Waals surface area contributed by atoms with Crippen LogP contribution >= 0.6 is 22.6 Å². The van der Waals surface area contributed by atoms with Gasteiger partial charge in [0.15, 0.2) is 0 Å². The van der Waals surface area contributed by atoms with Gasteiger partial charge in [-0.05, 0) is 73.1 Å². The number of hydrogen-bond donors (Lipinski definition) is 1. The predicted molar refractivity (Wildman–Crippen MR) is 86.3 cm³/mol. The van der Waals surface area contributed by atoms with Gasteiger partial charge in [0.25, 0.3) is 0 Å². The van der Waals surface area contributed by atoms with Crippen molar-refractivity contribution >= 4 is 22.6 Å². The number of nitrogens with one attached hydrogen (secondary N) is 1. The Morgan fingerprint density at radius 1 is 1.11 bits per heavy atom. The van der Waals surface area contributed by atoms with Gasteiger partial charge < -0.3 is 10.1 Å². The third-order valence-corrected chi connectivity index (χ3v) is 3.41. The molecule has 0 aliphatic carbocycles. The fourth-order valence-corrected chi connectivity index (χ4v) is 2.27. The van der Waals surface area contributed by atoms with Crippen LogP contribution in [0.3, 0.4) is 0 Å². The van der Waals surface area contributed by atoms with Gasteiger partial charge in [0.1, 0.15) is 5.75 Å². The predicted octanol–water partition coefficient (Wildman–Crippen LogP) is 4.23. The number of hydrogen-bond acceptors (Lipinski definition) is 2. The van der Waals surface area contributed by atoms with E-state index >= 15 is 0 Å². The molecule has 1 aromatic rings. The highest BCUT2D eigenvalue weighted by Gasteiger charge is 1.95. The molecule has 2 nitrogen and oxygen atoms in total. The van der Waals surface area contributed by atoms with E-state index in [1.54, 1.807) is 0 Å². The number of benzene rings is 1. The van der Waals surface area contributed by atoms with Crippen LogP contribution in [0.2, 0.25) is 0 Å². The number of halogens is 1. The molecule has 0 radical (unpaired) electrons. The summed E-state index contributed by atoms with van der Waals surface area (Å²) < 4.78 is 6.94. The second-order valence-electron chi connectivity index (χ2n) is 4.47. The SMILES string of the molecule is CCCNCCCCCCOc1cccc(I)c1. The van der Waals surface area contributed by atoms with Crippen LogP contribution in [0.1, 0.15) is 39.0 Å². The van der Waals surface area contributed by atoms with Crippen LogP contribution in [0.25, 0.3) is 0 Å². The third kappa shape index (κ3) is 7.93. The van der Waals surface area contributed by atoms with E-state index in [1.807, 2.05) is 12.1 Å². The summed E-state index contributed by atoms with van der Waals surface area (Å²) in [6.45, 7) is 5.35. The van der Waals surface area contributed by atoms with Gasteiger partial charge in [0, 0.05) is 3.57 Å². The van der Waals surface area contributed by atoms with E-state index in [1.165, 1.54) is 29.3 Å². The van der Waals surface area contributed by atoms with E-state index in [0.717, 1.165) is 31.9 Å². The van der Waals surface area contributed by atoms with Crippen molar-refractivity contribution in [2.75, 3.05) is 19.7 Å². The van der Waals surface area contributed by atoms with Gasteiger partial charge in [0.05, 0.1) is 6.61 Å². The van der Waals surface area contributed by atoms with Crippen molar-refractivity contribution in [3.8, 4) is 5.75 Å². The van der Waals surface area contributed by atoms with E-state index in [0.29, 0.717) is 0 Å². The third-order valence-electron chi connectivity index (χ3n) is 2.74. The molecular formula is C15H24INO. The van der Waals surface area contributed by atoms with Crippen molar-refractivity contribution in [1.82, 2.24) is 5.32 Å². The van der Waals surface area contributed by atoms with E-state index < -0.39 is 0 Å². The lowest BCUT2D eigenvalue weighted by molar-refractivity contribution is 0.304. The van der Waals surface area contributed by atoms with Crippen molar-refractivity contribution in [3.05, 3.63) is 27.8 Å². The number of ether oxygens (including phenoxy) is 1. The van der Waals surface area contributed by atoms with Crippen LogP contribution in [0, 0.1) is 3.57 Å². The minimum atomic E-state index is 0.836. The molecule has 0 aliphatic heterocycles. The van der Waals surface area contributed by atoms with E-state index in [-0.39, 0.29) is 0 Å². The maximum atomic E-state index is 5.71. The largest absolute Gasteiger partial charge is 0.494 e. The molecule has 18 heavy (non-hydrogen) atoms. The highest BCUT2D eigenvalue weighted by molar-refractivity contribution is 14.1. The van der Waals surface area contributed by atoms with Crippen LogP contribution in [0.5, 0.6) is 5.75 Å². The average Bonchev–Trinajstić information content (AvgIpc) is 2.37. The molecule has 0 aliphatic rings. The monoisotopic (exact) mass is 361 g/mol. The van der Waals surface area contributed by atoms with E-state index in [9.17, 15) is 0 Å². The molecule has 1 aromatic carbocycles. The molecule has 0 saturated heterocycles. The quantitative estimate of drug-likeness (QED) is 0.497. The first-order valence-electron chi connectivity index (χ1n) is 6.92. The topological polar surface area (TPSA) is 21.3 Å². The molecule has 0 unspecified atom stereocenters. The summed E-state index contributed by atoms with van der Waals surface area (Å²) in [5.74, 6) is 0.992. The summed E-state index contributed by atoms with van der Waals surface area (Å²) in [6.07, 6.45) is 6.22. The lowest BCUT2D eigenvalue weighted by atomic mass is 10.2. The molecule has 0 fully saturated rings. The van der Waals surface area contributed by atoms with Gasteiger partial charge in [-0.25, -0.2) is 0 Å². The van der Waals surface area contributed by atoms with Gasteiger partial charge in [-0.3, -0.25) is 0 Å².